The van der Waals surface area contributed by atoms with Crippen LogP contribution in [0.4, 0.5) is 10.8 Å². The highest BCUT2D eigenvalue weighted by molar-refractivity contribution is 7.22. The first-order valence-corrected chi connectivity index (χ1v) is 10.5. The number of hydrogen-bond acceptors (Lipinski definition) is 6. The van der Waals surface area contributed by atoms with Crippen molar-refractivity contribution in [1.82, 2.24) is 9.88 Å². The number of fused-ring (bicyclic) bond motifs is 1. The van der Waals surface area contributed by atoms with Gasteiger partial charge < -0.3 is 4.90 Å². The van der Waals surface area contributed by atoms with Crippen LogP contribution in [0, 0.1) is 10.1 Å². The van der Waals surface area contributed by atoms with Gasteiger partial charge in [0, 0.05) is 19.2 Å². The van der Waals surface area contributed by atoms with Gasteiger partial charge in [-0.3, -0.25) is 19.8 Å². The average Bonchev–Trinajstić information content (AvgIpc) is 3.16. The number of halogens is 1. The van der Waals surface area contributed by atoms with E-state index >= 15 is 0 Å². The summed E-state index contributed by atoms with van der Waals surface area (Å²) in [5.74, 6) is -0.445. The molecule has 2 aromatic carbocycles. The zero-order valence-corrected chi connectivity index (χ0v) is 17.7. The highest BCUT2D eigenvalue weighted by Crippen LogP contribution is 2.34. The molecule has 0 spiro atoms. The smallest absolute Gasteiger partial charge is 0.282 e. The Kier molecular flexibility index (Phi) is 6.79. The van der Waals surface area contributed by atoms with Crippen molar-refractivity contribution in [3.8, 4) is 0 Å². The van der Waals surface area contributed by atoms with Crippen LogP contribution in [0.2, 0.25) is 5.02 Å². The standard InChI is InChI=1S/C20H21ClN4O3S/c1-3-23(4-2)12-13-24(19(26)14-8-5-6-10-16(14)25(27)28)20-22-18-15(21)9-7-11-17(18)29-20/h5-11H,3-4,12-13H2,1-2H3. The molecule has 0 radical (unpaired) electrons. The van der Waals surface area contributed by atoms with Gasteiger partial charge in [-0.25, -0.2) is 4.98 Å². The molecule has 0 aliphatic carbocycles. The molecule has 0 unspecified atom stereocenters. The molecule has 9 heteroatoms. The third-order valence-corrected chi connectivity index (χ3v) is 6.05. The van der Waals surface area contributed by atoms with Crippen LogP contribution in [0.5, 0.6) is 0 Å². The predicted molar refractivity (Wildman–Crippen MR) is 117 cm³/mol. The Balaban J connectivity index is 2.04. The number of nitrogens with zero attached hydrogens (tertiary/aromatic N) is 4. The Morgan fingerprint density at radius 2 is 1.86 bits per heavy atom. The van der Waals surface area contributed by atoms with Crippen LogP contribution in [-0.4, -0.2) is 46.9 Å². The molecular formula is C20H21ClN4O3S. The Labute approximate surface area is 177 Å². The number of carbonyl (C=O) groups is 1. The fourth-order valence-electron chi connectivity index (χ4n) is 3.04. The Bertz CT molecular complexity index is 1040. The van der Waals surface area contributed by atoms with Gasteiger partial charge in [-0.15, -0.1) is 0 Å². The Hall–Kier alpha value is -2.55. The molecule has 1 amide bonds. The van der Waals surface area contributed by atoms with E-state index in [-0.39, 0.29) is 11.3 Å². The highest BCUT2D eigenvalue weighted by atomic mass is 35.5. The van der Waals surface area contributed by atoms with E-state index in [4.69, 9.17) is 11.6 Å². The van der Waals surface area contributed by atoms with Crippen LogP contribution in [0.3, 0.4) is 0 Å². The topological polar surface area (TPSA) is 79.6 Å². The lowest BCUT2D eigenvalue weighted by Gasteiger charge is -2.24. The van der Waals surface area contributed by atoms with Gasteiger partial charge in [-0.1, -0.05) is 55.0 Å². The quantitative estimate of drug-likeness (QED) is 0.375. The first-order chi connectivity index (χ1) is 14.0. The van der Waals surface area contributed by atoms with E-state index < -0.39 is 10.8 Å². The lowest BCUT2D eigenvalue weighted by molar-refractivity contribution is -0.385. The van der Waals surface area contributed by atoms with Gasteiger partial charge in [0.05, 0.1) is 14.6 Å². The van der Waals surface area contributed by atoms with Crippen molar-refractivity contribution < 1.29 is 9.72 Å². The summed E-state index contributed by atoms with van der Waals surface area (Å²) in [6, 6.07) is 11.5. The van der Waals surface area contributed by atoms with Crippen LogP contribution in [0.1, 0.15) is 24.2 Å². The summed E-state index contributed by atoms with van der Waals surface area (Å²) in [5, 5.41) is 12.4. The van der Waals surface area contributed by atoms with E-state index in [2.05, 4.69) is 23.7 Å². The summed E-state index contributed by atoms with van der Waals surface area (Å²) in [7, 11) is 0. The van der Waals surface area contributed by atoms with E-state index in [1.54, 1.807) is 18.2 Å². The minimum Gasteiger partial charge on any atom is -0.302 e. The second kappa shape index (κ2) is 9.30. The Morgan fingerprint density at radius 3 is 2.52 bits per heavy atom. The second-order valence-electron chi connectivity index (χ2n) is 6.34. The number of anilines is 1. The molecule has 3 rings (SSSR count). The molecular weight excluding hydrogens is 412 g/mol. The predicted octanol–water partition coefficient (Wildman–Crippen LogP) is 4.85. The molecule has 0 bridgehead atoms. The summed E-state index contributed by atoms with van der Waals surface area (Å²) < 4.78 is 0.857. The number of aromatic nitrogens is 1. The molecule has 3 aromatic rings. The zero-order chi connectivity index (χ0) is 21.0. The number of thiazole rings is 1. The number of hydrogen-bond donors (Lipinski definition) is 0. The summed E-state index contributed by atoms with van der Waals surface area (Å²) in [4.78, 5) is 32.5. The minimum absolute atomic E-state index is 0.0439. The number of amides is 1. The molecule has 0 N–H and O–H groups in total. The van der Waals surface area contributed by atoms with E-state index in [9.17, 15) is 14.9 Å². The molecule has 152 valence electrons. The van der Waals surface area contributed by atoms with Gasteiger partial charge in [0.25, 0.3) is 11.6 Å². The normalized spacial score (nSPS) is 11.2. The SMILES string of the molecule is CCN(CC)CCN(C(=O)c1ccccc1[N+](=O)[O-])c1nc2c(Cl)cccc2s1. The van der Waals surface area contributed by atoms with Crippen LogP contribution < -0.4 is 4.90 Å². The summed E-state index contributed by atoms with van der Waals surface area (Å²) in [5.41, 5.74) is 0.448. The number of nitro benzene ring substituents is 1. The van der Waals surface area contributed by atoms with Crippen LogP contribution in [0.25, 0.3) is 10.2 Å². The first-order valence-electron chi connectivity index (χ1n) is 9.29. The molecule has 29 heavy (non-hydrogen) atoms. The number of rotatable bonds is 8. The van der Waals surface area contributed by atoms with Crippen molar-refractivity contribution in [3.63, 3.8) is 0 Å². The van der Waals surface area contributed by atoms with E-state index in [1.807, 2.05) is 12.1 Å². The molecule has 0 aliphatic heterocycles. The van der Waals surface area contributed by atoms with Gasteiger partial charge in [-0.2, -0.15) is 0 Å². The van der Waals surface area contributed by atoms with Gasteiger partial charge in [0.1, 0.15) is 11.1 Å². The lowest BCUT2D eigenvalue weighted by atomic mass is 10.1. The fraction of sp³-hybridized carbons (Fsp3) is 0.300. The average molecular weight is 433 g/mol. The molecule has 0 fully saturated rings. The van der Waals surface area contributed by atoms with E-state index in [0.29, 0.717) is 28.8 Å². The first kappa shape index (κ1) is 21.2. The number of likely N-dealkylation sites (N-methyl/N-ethyl adjacent to an activating group) is 1. The van der Waals surface area contributed by atoms with Crippen LogP contribution in [-0.2, 0) is 0 Å². The van der Waals surface area contributed by atoms with Crippen molar-refractivity contribution in [2.45, 2.75) is 13.8 Å². The zero-order valence-electron chi connectivity index (χ0n) is 16.2. The summed E-state index contributed by atoms with van der Waals surface area (Å²) in [6.07, 6.45) is 0. The fourth-order valence-corrected chi connectivity index (χ4v) is 4.33. The van der Waals surface area contributed by atoms with Crippen molar-refractivity contribution >= 4 is 49.9 Å². The van der Waals surface area contributed by atoms with Crippen LogP contribution >= 0.6 is 22.9 Å². The lowest BCUT2D eigenvalue weighted by Crippen LogP contribution is -2.39. The number of carbonyl (C=O) groups excluding carboxylic acids is 1. The summed E-state index contributed by atoms with van der Waals surface area (Å²) >= 11 is 7.60. The Morgan fingerprint density at radius 1 is 1.14 bits per heavy atom. The van der Waals surface area contributed by atoms with E-state index in [1.165, 1.54) is 28.4 Å². The van der Waals surface area contributed by atoms with E-state index in [0.717, 1.165) is 17.8 Å². The van der Waals surface area contributed by atoms with Gasteiger partial charge in [0.2, 0.25) is 0 Å². The molecule has 0 atom stereocenters. The maximum atomic E-state index is 13.4. The maximum Gasteiger partial charge on any atom is 0.282 e. The maximum absolute atomic E-state index is 13.4. The molecule has 1 heterocycles. The molecule has 7 nitrogen and oxygen atoms in total. The van der Waals surface area contributed by atoms with Crippen molar-refractivity contribution in [1.29, 1.82) is 0 Å². The molecule has 1 aromatic heterocycles. The largest absolute Gasteiger partial charge is 0.302 e. The van der Waals surface area contributed by atoms with Gasteiger partial charge >= 0.3 is 0 Å². The third-order valence-electron chi connectivity index (χ3n) is 4.70. The number of nitro groups is 1. The van der Waals surface area contributed by atoms with Crippen LogP contribution in [0.15, 0.2) is 42.5 Å². The molecule has 0 saturated heterocycles. The summed E-state index contributed by atoms with van der Waals surface area (Å²) in [6.45, 7) is 6.78. The van der Waals surface area contributed by atoms with Gasteiger partial charge in [-0.05, 0) is 31.3 Å². The third kappa shape index (κ3) is 4.55. The van der Waals surface area contributed by atoms with Crippen molar-refractivity contribution in [2.75, 3.05) is 31.1 Å². The van der Waals surface area contributed by atoms with Crippen molar-refractivity contribution in [3.05, 3.63) is 63.2 Å². The van der Waals surface area contributed by atoms with Crippen molar-refractivity contribution in [2.24, 2.45) is 0 Å². The monoisotopic (exact) mass is 432 g/mol. The van der Waals surface area contributed by atoms with Gasteiger partial charge in [0.15, 0.2) is 5.13 Å². The molecule has 0 saturated carbocycles. The number of para-hydroxylation sites is 2. The number of benzene rings is 2. The second-order valence-corrected chi connectivity index (χ2v) is 7.76. The molecule has 0 aliphatic rings. The highest BCUT2D eigenvalue weighted by Gasteiger charge is 2.27. The minimum atomic E-state index is -0.537.